The minimum absolute atomic E-state index is 0.619. The van der Waals surface area contributed by atoms with Crippen LogP contribution in [0.1, 0.15) is 11.1 Å². The van der Waals surface area contributed by atoms with E-state index in [1.807, 2.05) is 24.3 Å². The van der Waals surface area contributed by atoms with Gasteiger partial charge in [-0.3, -0.25) is 0 Å². The topological polar surface area (TPSA) is 44.5 Å². The lowest BCUT2D eigenvalue weighted by atomic mass is 10.1. The summed E-state index contributed by atoms with van der Waals surface area (Å²) in [4.78, 5) is 0. The van der Waals surface area contributed by atoms with E-state index >= 15 is 0 Å². The van der Waals surface area contributed by atoms with Crippen molar-refractivity contribution in [2.75, 3.05) is 12.8 Å². The fourth-order valence-electron chi connectivity index (χ4n) is 1.68. The highest BCUT2D eigenvalue weighted by molar-refractivity contribution is 5.51. The third kappa shape index (κ3) is 2.74. The van der Waals surface area contributed by atoms with Crippen molar-refractivity contribution in [2.24, 2.45) is 0 Å². The molecule has 0 fully saturated rings. The van der Waals surface area contributed by atoms with Crippen LogP contribution in [0.4, 0.5) is 5.69 Å². The normalized spacial score (nSPS) is 10.2. The van der Waals surface area contributed by atoms with Crippen LogP contribution in [0.3, 0.4) is 0 Å². The first-order chi connectivity index (χ1) is 8.58. The largest absolute Gasteiger partial charge is 0.497 e. The highest BCUT2D eigenvalue weighted by Gasteiger charge is 2.03. The third-order valence-corrected chi connectivity index (χ3v) is 2.85. The Labute approximate surface area is 107 Å². The van der Waals surface area contributed by atoms with Gasteiger partial charge in [-0.2, -0.15) is 0 Å². The summed E-state index contributed by atoms with van der Waals surface area (Å²) in [6.45, 7) is 4.13. The molecule has 2 aromatic rings. The number of anilines is 1. The Morgan fingerprint density at radius 1 is 0.833 bits per heavy atom. The van der Waals surface area contributed by atoms with Gasteiger partial charge in [-0.05, 0) is 37.1 Å². The minimum Gasteiger partial charge on any atom is -0.497 e. The lowest BCUT2D eigenvalue weighted by Gasteiger charge is -2.10. The molecule has 0 heterocycles. The SMILES string of the molecule is COc1cc(N)cc(Oc2ccc(C)c(C)c2)c1. The van der Waals surface area contributed by atoms with Crippen molar-refractivity contribution >= 4 is 5.69 Å². The quantitative estimate of drug-likeness (QED) is 0.836. The zero-order valence-electron chi connectivity index (χ0n) is 10.9. The second-order valence-corrected chi connectivity index (χ2v) is 4.29. The number of ether oxygens (including phenoxy) is 2. The van der Waals surface area contributed by atoms with Crippen molar-refractivity contribution in [1.29, 1.82) is 0 Å². The van der Waals surface area contributed by atoms with E-state index in [2.05, 4.69) is 13.8 Å². The number of nitrogen functional groups attached to an aromatic ring is 1. The molecular formula is C15H17NO2. The molecule has 0 spiro atoms. The summed E-state index contributed by atoms with van der Waals surface area (Å²) < 4.78 is 10.9. The molecule has 0 unspecified atom stereocenters. The monoisotopic (exact) mass is 243 g/mol. The molecule has 0 aliphatic carbocycles. The Hall–Kier alpha value is -2.16. The summed E-state index contributed by atoms with van der Waals surface area (Å²) in [6.07, 6.45) is 0. The predicted octanol–water partition coefficient (Wildman–Crippen LogP) is 3.69. The summed E-state index contributed by atoms with van der Waals surface area (Å²) in [6, 6.07) is 11.3. The molecule has 2 N–H and O–H groups in total. The average molecular weight is 243 g/mol. The van der Waals surface area contributed by atoms with Crippen LogP contribution in [0.25, 0.3) is 0 Å². The van der Waals surface area contributed by atoms with Gasteiger partial charge in [0.1, 0.15) is 17.2 Å². The number of nitrogens with two attached hydrogens (primary N) is 1. The van der Waals surface area contributed by atoms with Crippen LogP contribution in [0.2, 0.25) is 0 Å². The van der Waals surface area contributed by atoms with Gasteiger partial charge < -0.3 is 15.2 Å². The standard InChI is InChI=1S/C15H17NO2/c1-10-4-5-13(6-11(10)2)18-15-8-12(16)7-14(9-15)17-3/h4-9H,16H2,1-3H3. The van der Waals surface area contributed by atoms with Gasteiger partial charge in [-0.1, -0.05) is 6.07 Å². The van der Waals surface area contributed by atoms with Gasteiger partial charge in [0.2, 0.25) is 0 Å². The molecule has 0 saturated heterocycles. The van der Waals surface area contributed by atoms with Gasteiger partial charge in [0.05, 0.1) is 7.11 Å². The van der Waals surface area contributed by atoms with Crippen LogP contribution in [-0.4, -0.2) is 7.11 Å². The second kappa shape index (κ2) is 5.00. The predicted molar refractivity (Wildman–Crippen MR) is 73.4 cm³/mol. The lowest BCUT2D eigenvalue weighted by molar-refractivity contribution is 0.409. The number of hydrogen-bond donors (Lipinski definition) is 1. The summed E-state index contributed by atoms with van der Waals surface area (Å²) in [5, 5.41) is 0. The summed E-state index contributed by atoms with van der Waals surface area (Å²) in [5.74, 6) is 2.16. The molecule has 2 aromatic carbocycles. The maximum Gasteiger partial charge on any atom is 0.133 e. The van der Waals surface area contributed by atoms with Crippen molar-refractivity contribution in [1.82, 2.24) is 0 Å². The van der Waals surface area contributed by atoms with Crippen molar-refractivity contribution in [3.8, 4) is 17.2 Å². The fraction of sp³-hybridized carbons (Fsp3) is 0.200. The first kappa shape index (κ1) is 12.3. The van der Waals surface area contributed by atoms with E-state index in [0.29, 0.717) is 17.2 Å². The molecule has 0 atom stereocenters. The van der Waals surface area contributed by atoms with Crippen molar-refractivity contribution < 1.29 is 9.47 Å². The van der Waals surface area contributed by atoms with E-state index in [9.17, 15) is 0 Å². The number of aryl methyl sites for hydroxylation is 2. The van der Waals surface area contributed by atoms with Gasteiger partial charge in [-0.25, -0.2) is 0 Å². The summed E-state index contributed by atoms with van der Waals surface area (Å²) >= 11 is 0. The Bertz CT molecular complexity index is 564. The Kier molecular flexibility index (Phi) is 3.42. The molecule has 3 nitrogen and oxygen atoms in total. The van der Waals surface area contributed by atoms with E-state index in [0.717, 1.165) is 5.75 Å². The van der Waals surface area contributed by atoms with E-state index in [1.54, 1.807) is 19.2 Å². The minimum atomic E-state index is 0.619. The molecule has 0 amide bonds. The van der Waals surface area contributed by atoms with Gasteiger partial charge in [0.15, 0.2) is 0 Å². The molecule has 94 valence electrons. The van der Waals surface area contributed by atoms with Crippen LogP contribution >= 0.6 is 0 Å². The van der Waals surface area contributed by atoms with Gasteiger partial charge in [0, 0.05) is 23.9 Å². The van der Waals surface area contributed by atoms with Crippen LogP contribution in [0, 0.1) is 13.8 Å². The third-order valence-electron chi connectivity index (χ3n) is 2.85. The smallest absolute Gasteiger partial charge is 0.133 e. The number of benzene rings is 2. The lowest BCUT2D eigenvalue weighted by Crippen LogP contribution is -1.92. The Morgan fingerprint density at radius 2 is 1.56 bits per heavy atom. The van der Waals surface area contributed by atoms with Crippen LogP contribution in [-0.2, 0) is 0 Å². The molecule has 0 bridgehead atoms. The van der Waals surface area contributed by atoms with Gasteiger partial charge in [-0.15, -0.1) is 0 Å². The average Bonchev–Trinajstić information content (AvgIpc) is 2.33. The molecule has 0 saturated carbocycles. The van der Waals surface area contributed by atoms with Crippen LogP contribution in [0.15, 0.2) is 36.4 Å². The Morgan fingerprint density at radius 3 is 2.22 bits per heavy atom. The van der Waals surface area contributed by atoms with Crippen molar-refractivity contribution in [3.63, 3.8) is 0 Å². The molecule has 0 aromatic heterocycles. The van der Waals surface area contributed by atoms with E-state index < -0.39 is 0 Å². The van der Waals surface area contributed by atoms with E-state index in [4.69, 9.17) is 15.2 Å². The van der Waals surface area contributed by atoms with Crippen molar-refractivity contribution in [2.45, 2.75) is 13.8 Å². The zero-order chi connectivity index (χ0) is 13.1. The maximum atomic E-state index is 5.78. The number of methoxy groups -OCH3 is 1. The zero-order valence-corrected chi connectivity index (χ0v) is 10.9. The van der Waals surface area contributed by atoms with Crippen LogP contribution in [0.5, 0.6) is 17.2 Å². The highest BCUT2D eigenvalue weighted by atomic mass is 16.5. The molecule has 0 aliphatic rings. The highest BCUT2D eigenvalue weighted by Crippen LogP contribution is 2.29. The van der Waals surface area contributed by atoms with Crippen LogP contribution < -0.4 is 15.2 Å². The molecular weight excluding hydrogens is 226 g/mol. The summed E-state index contributed by atoms with van der Waals surface area (Å²) in [5.41, 5.74) is 8.84. The first-order valence-electron chi connectivity index (χ1n) is 5.78. The van der Waals surface area contributed by atoms with Gasteiger partial charge in [0.25, 0.3) is 0 Å². The molecule has 2 rings (SSSR count). The van der Waals surface area contributed by atoms with Gasteiger partial charge >= 0.3 is 0 Å². The number of rotatable bonds is 3. The molecule has 18 heavy (non-hydrogen) atoms. The first-order valence-corrected chi connectivity index (χ1v) is 5.78. The second-order valence-electron chi connectivity index (χ2n) is 4.29. The Balaban J connectivity index is 2.27. The fourth-order valence-corrected chi connectivity index (χ4v) is 1.68. The van der Waals surface area contributed by atoms with E-state index in [1.165, 1.54) is 11.1 Å². The molecule has 3 heteroatoms. The summed E-state index contributed by atoms with van der Waals surface area (Å²) in [7, 11) is 1.61. The van der Waals surface area contributed by atoms with E-state index in [-0.39, 0.29) is 0 Å². The molecule has 0 aliphatic heterocycles. The maximum absolute atomic E-state index is 5.78. The number of hydrogen-bond acceptors (Lipinski definition) is 3. The van der Waals surface area contributed by atoms with Crippen molar-refractivity contribution in [3.05, 3.63) is 47.5 Å². The molecule has 0 radical (unpaired) electrons.